The minimum absolute atomic E-state index is 0.198. The lowest BCUT2D eigenvalue weighted by atomic mass is 10.1. The molecule has 0 saturated heterocycles. The van der Waals surface area contributed by atoms with Gasteiger partial charge in [0.05, 0.1) is 23.7 Å². The van der Waals surface area contributed by atoms with Crippen molar-refractivity contribution in [2.75, 3.05) is 14.2 Å². The fourth-order valence-corrected chi connectivity index (χ4v) is 3.72. The van der Waals surface area contributed by atoms with Gasteiger partial charge in [-0.2, -0.15) is 0 Å². The molecule has 0 unspecified atom stereocenters. The van der Waals surface area contributed by atoms with Gasteiger partial charge in [-0.3, -0.25) is 0 Å². The molecule has 0 aromatic heterocycles. The molecular weight excluding hydrogens is 473 g/mol. The number of rotatable bonds is 9. The minimum Gasteiger partial charge on any atom is -0.497 e. The number of halogens is 3. The summed E-state index contributed by atoms with van der Waals surface area (Å²) in [6, 6.07) is 16.1. The van der Waals surface area contributed by atoms with E-state index >= 15 is 0 Å². The van der Waals surface area contributed by atoms with E-state index in [0.717, 1.165) is 27.9 Å². The smallest absolute Gasteiger partial charge is 0.175 e. The Balaban J connectivity index is 1.64. The highest BCUT2D eigenvalue weighted by Gasteiger charge is 2.13. The van der Waals surface area contributed by atoms with Crippen LogP contribution in [0.15, 0.2) is 59.1 Å². The summed E-state index contributed by atoms with van der Waals surface area (Å²) in [5, 5.41) is 3.74. The van der Waals surface area contributed by atoms with E-state index in [0.29, 0.717) is 28.6 Å². The van der Waals surface area contributed by atoms with Gasteiger partial charge in [0.25, 0.3) is 0 Å². The molecule has 0 spiro atoms. The van der Waals surface area contributed by atoms with Crippen LogP contribution in [0.4, 0.5) is 4.39 Å². The van der Waals surface area contributed by atoms with E-state index in [2.05, 4.69) is 21.2 Å². The Bertz CT molecular complexity index is 998. The second-order valence-electron chi connectivity index (χ2n) is 6.59. The number of hydrogen-bond acceptors (Lipinski definition) is 4. The van der Waals surface area contributed by atoms with E-state index in [1.807, 2.05) is 36.4 Å². The highest BCUT2D eigenvalue weighted by molar-refractivity contribution is 9.10. The third-order valence-electron chi connectivity index (χ3n) is 4.49. The summed E-state index contributed by atoms with van der Waals surface area (Å²) in [7, 11) is 3.24. The van der Waals surface area contributed by atoms with Crippen LogP contribution < -0.4 is 19.5 Å². The molecule has 30 heavy (non-hydrogen) atoms. The van der Waals surface area contributed by atoms with Crippen molar-refractivity contribution in [3.05, 3.63) is 86.6 Å². The third kappa shape index (κ3) is 5.88. The van der Waals surface area contributed by atoms with Crippen LogP contribution in [-0.4, -0.2) is 14.2 Å². The lowest BCUT2D eigenvalue weighted by molar-refractivity contribution is 0.282. The molecule has 0 aliphatic rings. The van der Waals surface area contributed by atoms with Gasteiger partial charge in [-0.1, -0.05) is 29.8 Å². The van der Waals surface area contributed by atoms with Gasteiger partial charge < -0.3 is 19.5 Å². The molecule has 0 saturated carbocycles. The second-order valence-corrected chi connectivity index (χ2v) is 7.85. The maximum absolute atomic E-state index is 13.2. The van der Waals surface area contributed by atoms with Crippen molar-refractivity contribution in [3.8, 4) is 17.2 Å². The van der Waals surface area contributed by atoms with Crippen LogP contribution in [0.2, 0.25) is 5.02 Å². The molecule has 158 valence electrons. The van der Waals surface area contributed by atoms with Crippen LogP contribution in [0.5, 0.6) is 17.2 Å². The summed E-state index contributed by atoms with van der Waals surface area (Å²) in [4.78, 5) is 0. The van der Waals surface area contributed by atoms with Crippen molar-refractivity contribution in [1.29, 1.82) is 0 Å². The Morgan fingerprint density at radius 1 is 0.933 bits per heavy atom. The van der Waals surface area contributed by atoms with E-state index in [4.69, 9.17) is 25.8 Å². The molecule has 0 aliphatic heterocycles. The van der Waals surface area contributed by atoms with Crippen molar-refractivity contribution >= 4 is 27.5 Å². The maximum atomic E-state index is 13.2. The third-order valence-corrected chi connectivity index (χ3v) is 5.43. The Morgan fingerprint density at radius 2 is 1.67 bits per heavy atom. The average Bonchev–Trinajstić information content (AvgIpc) is 2.74. The average molecular weight is 495 g/mol. The first kappa shape index (κ1) is 22.4. The summed E-state index contributed by atoms with van der Waals surface area (Å²) in [6.07, 6.45) is 0. The van der Waals surface area contributed by atoms with Crippen molar-refractivity contribution < 1.29 is 18.6 Å². The van der Waals surface area contributed by atoms with E-state index in [1.54, 1.807) is 20.3 Å². The highest BCUT2D eigenvalue weighted by Crippen LogP contribution is 2.37. The maximum Gasteiger partial charge on any atom is 0.175 e. The van der Waals surface area contributed by atoms with E-state index < -0.39 is 0 Å². The quantitative estimate of drug-likeness (QED) is 0.389. The largest absolute Gasteiger partial charge is 0.497 e. The summed E-state index contributed by atoms with van der Waals surface area (Å²) in [5.41, 5.74) is 2.90. The molecule has 0 radical (unpaired) electrons. The standard InChI is InChI=1S/C23H22BrClFNO3/c1-28-19-7-3-15(4-8-19)12-27-13-16-9-20(24)23(22(10-16)29-2)30-14-17-5-6-18(26)11-21(17)25/h3-11,27H,12-14H2,1-2H3. The zero-order valence-corrected chi connectivity index (χ0v) is 19.0. The van der Waals surface area contributed by atoms with Gasteiger partial charge in [0.15, 0.2) is 11.5 Å². The molecule has 3 rings (SSSR count). The Labute approximate surface area is 189 Å². The first-order chi connectivity index (χ1) is 14.5. The summed E-state index contributed by atoms with van der Waals surface area (Å²) >= 11 is 9.64. The van der Waals surface area contributed by atoms with Crippen molar-refractivity contribution in [2.24, 2.45) is 0 Å². The first-order valence-corrected chi connectivity index (χ1v) is 10.4. The highest BCUT2D eigenvalue weighted by atomic mass is 79.9. The summed E-state index contributed by atoms with van der Waals surface area (Å²) in [5.74, 6) is 1.62. The normalized spacial score (nSPS) is 10.7. The fraction of sp³-hybridized carbons (Fsp3) is 0.217. The second kappa shape index (κ2) is 10.7. The molecule has 1 N–H and O–H groups in total. The number of benzene rings is 3. The van der Waals surface area contributed by atoms with Crippen LogP contribution in [0.25, 0.3) is 0 Å². The monoisotopic (exact) mass is 493 g/mol. The van der Waals surface area contributed by atoms with Gasteiger partial charge in [-0.05, 0) is 63.5 Å². The SMILES string of the molecule is COc1ccc(CNCc2cc(Br)c(OCc3ccc(F)cc3Cl)c(OC)c2)cc1. The predicted molar refractivity (Wildman–Crippen MR) is 120 cm³/mol. The van der Waals surface area contributed by atoms with Gasteiger partial charge in [0.2, 0.25) is 0 Å². The van der Waals surface area contributed by atoms with Gasteiger partial charge in [-0.15, -0.1) is 0 Å². The van der Waals surface area contributed by atoms with E-state index in [-0.39, 0.29) is 12.4 Å². The van der Waals surface area contributed by atoms with Crippen molar-refractivity contribution in [2.45, 2.75) is 19.7 Å². The van der Waals surface area contributed by atoms with Crippen molar-refractivity contribution in [3.63, 3.8) is 0 Å². The van der Waals surface area contributed by atoms with Crippen LogP contribution in [0.1, 0.15) is 16.7 Å². The Kier molecular flexibility index (Phi) is 7.96. The lowest BCUT2D eigenvalue weighted by Gasteiger charge is -2.15. The van der Waals surface area contributed by atoms with Gasteiger partial charge >= 0.3 is 0 Å². The van der Waals surface area contributed by atoms with Crippen LogP contribution >= 0.6 is 27.5 Å². The molecule has 0 fully saturated rings. The fourth-order valence-electron chi connectivity index (χ4n) is 2.90. The van der Waals surface area contributed by atoms with E-state index in [1.165, 1.54) is 12.1 Å². The number of nitrogens with one attached hydrogen (secondary N) is 1. The minimum atomic E-state index is -0.381. The van der Waals surface area contributed by atoms with Gasteiger partial charge in [-0.25, -0.2) is 4.39 Å². The topological polar surface area (TPSA) is 39.7 Å². The van der Waals surface area contributed by atoms with Crippen molar-refractivity contribution in [1.82, 2.24) is 5.32 Å². The number of ether oxygens (including phenoxy) is 3. The number of methoxy groups -OCH3 is 2. The summed E-state index contributed by atoms with van der Waals surface area (Å²) < 4.78 is 30.6. The molecule has 3 aromatic rings. The van der Waals surface area contributed by atoms with E-state index in [9.17, 15) is 4.39 Å². The van der Waals surface area contributed by atoms with Crippen LogP contribution in [0.3, 0.4) is 0 Å². The van der Waals surface area contributed by atoms with Gasteiger partial charge in [0.1, 0.15) is 18.2 Å². The van der Waals surface area contributed by atoms with Gasteiger partial charge in [0, 0.05) is 18.7 Å². The molecule has 4 nitrogen and oxygen atoms in total. The predicted octanol–water partition coefficient (Wildman–Crippen LogP) is 6.13. The molecule has 0 amide bonds. The molecule has 0 atom stereocenters. The summed E-state index contributed by atoms with van der Waals surface area (Å²) in [6.45, 7) is 1.58. The zero-order valence-electron chi connectivity index (χ0n) is 16.7. The Morgan fingerprint density at radius 3 is 2.33 bits per heavy atom. The van der Waals surface area contributed by atoms with Crippen LogP contribution in [-0.2, 0) is 19.7 Å². The molecular formula is C23H22BrClFNO3. The zero-order chi connectivity index (χ0) is 21.5. The molecule has 3 aromatic carbocycles. The molecule has 7 heteroatoms. The molecule has 0 aliphatic carbocycles. The Hall–Kier alpha value is -2.28. The molecule has 0 bridgehead atoms. The molecule has 0 heterocycles. The van der Waals surface area contributed by atoms with Crippen LogP contribution in [0, 0.1) is 5.82 Å². The number of hydrogen-bond donors (Lipinski definition) is 1. The first-order valence-electron chi connectivity index (χ1n) is 9.27. The lowest BCUT2D eigenvalue weighted by Crippen LogP contribution is -2.13.